The Balaban J connectivity index is 2.73. The van der Waals surface area contributed by atoms with Gasteiger partial charge in [0.15, 0.2) is 5.76 Å². The van der Waals surface area contributed by atoms with Gasteiger partial charge in [-0.05, 0) is 18.1 Å². The lowest BCUT2D eigenvalue weighted by atomic mass is 9.99. The molecule has 1 aromatic heterocycles. The van der Waals surface area contributed by atoms with Crippen LogP contribution < -0.4 is 10.0 Å². The van der Waals surface area contributed by atoms with Gasteiger partial charge in [0.25, 0.3) is 5.91 Å². The molecule has 3 N–H and O–H groups in total. The predicted molar refractivity (Wildman–Crippen MR) is 78.7 cm³/mol. The maximum absolute atomic E-state index is 12.0. The van der Waals surface area contributed by atoms with Crippen LogP contribution in [0.2, 0.25) is 0 Å². The van der Waals surface area contributed by atoms with Crippen molar-refractivity contribution in [3.05, 3.63) is 23.7 Å². The van der Waals surface area contributed by atoms with Crippen molar-refractivity contribution in [2.75, 3.05) is 6.26 Å². The van der Waals surface area contributed by atoms with Crippen molar-refractivity contribution in [1.82, 2.24) is 10.0 Å². The molecule has 1 aromatic rings. The summed E-state index contributed by atoms with van der Waals surface area (Å²) in [7, 11) is -3.37. The number of hydrogen-bond donors (Lipinski definition) is 3. The van der Waals surface area contributed by atoms with E-state index in [-0.39, 0.29) is 24.0 Å². The Labute approximate surface area is 128 Å². The van der Waals surface area contributed by atoms with Gasteiger partial charge in [-0.2, -0.15) is 0 Å². The number of rotatable bonds is 8. The number of nitrogens with one attached hydrogen (secondary N) is 2. The number of aliphatic carboxylic acids is 1. The van der Waals surface area contributed by atoms with Crippen LogP contribution in [0.4, 0.5) is 0 Å². The maximum atomic E-state index is 12.0. The molecule has 0 bridgehead atoms. The van der Waals surface area contributed by atoms with Gasteiger partial charge in [-0.25, -0.2) is 17.9 Å². The summed E-state index contributed by atoms with van der Waals surface area (Å²) < 4.78 is 29.4. The number of amides is 1. The lowest BCUT2D eigenvalue weighted by molar-refractivity contribution is -0.140. The van der Waals surface area contributed by atoms with Gasteiger partial charge in [0.05, 0.1) is 12.8 Å². The topological polar surface area (TPSA) is 126 Å². The van der Waals surface area contributed by atoms with Crippen molar-refractivity contribution < 1.29 is 27.5 Å². The summed E-state index contributed by atoms with van der Waals surface area (Å²) in [5.41, 5.74) is 0. The molecule has 0 fully saturated rings. The van der Waals surface area contributed by atoms with Gasteiger partial charge < -0.3 is 14.8 Å². The Morgan fingerprint density at radius 1 is 1.36 bits per heavy atom. The van der Waals surface area contributed by atoms with Crippen molar-refractivity contribution >= 4 is 21.9 Å². The number of sulfonamides is 1. The average Bonchev–Trinajstić information content (AvgIpc) is 2.89. The molecule has 1 rings (SSSR count). The van der Waals surface area contributed by atoms with Crippen molar-refractivity contribution in [2.24, 2.45) is 5.92 Å². The normalized spacial score (nSPS) is 14.3. The molecule has 8 nitrogen and oxygen atoms in total. The van der Waals surface area contributed by atoms with Crippen LogP contribution in [0, 0.1) is 5.92 Å². The first-order valence-corrected chi connectivity index (χ1v) is 8.60. The minimum Gasteiger partial charge on any atom is -0.480 e. The molecule has 1 heterocycles. The van der Waals surface area contributed by atoms with Gasteiger partial charge >= 0.3 is 5.97 Å². The summed E-state index contributed by atoms with van der Waals surface area (Å²) in [4.78, 5) is 23.2. The molecule has 2 unspecified atom stereocenters. The van der Waals surface area contributed by atoms with Gasteiger partial charge in [0, 0.05) is 0 Å². The largest absolute Gasteiger partial charge is 0.480 e. The zero-order valence-electron chi connectivity index (χ0n) is 12.6. The third-order valence-electron chi connectivity index (χ3n) is 3.16. The van der Waals surface area contributed by atoms with E-state index in [1.807, 2.05) is 6.92 Å². The Hall–Kier alpha value is -1.87. The molecule has 0 spiro atoms. The molecule has 22 heavy (non-hydrogen) atoms. The van der Waals surface area contributed by atoms with Gasteiger partial charge in [0.1, 0.15) is 11.8 Å². The fourth-order valence-electron chi connectivity index (χ4n) is 1.69. The second kappa shape index (κ2) is 7.41. The zero-order valence-corrected chi connectivity index (χ0v) is 13.4. The molecule has 124 valence electrons. The molecule has 9 heteroatoms. The van der Waals surface area contributed by atoms with Crippen molar-refractivity contribution in [3.63, 3.8) is 0 Å². The Morgan fingerprint density at radius 3 is 2.50 bits per heavy atom. The fourth-order valence-corrected chi connectivity index (χ4v) is 2.10. The average molecular weight is 332 g/mol. The number of carbonyl (C=O) groups is 2. The summed E-state index contributed by atoms with van der Waals surface area (Å²) in [5, 5.41) is 11.5. The van der Waals surface area contributed by atoms with Crippen molar-refractivity contribution in [1.29, 1.82) is 0 Å². The molecule has 0 aliphatic heterocycles. The number of furan rings is 1. The van der Waals surface area contributed by atoms with E-state index in [0.717, 1.165) is 6.26 Å². The molecule has 0 aromatic carbocycles. The van der Waals surface area contributed by atoms with Crippen LogP contribution in [0.25, 0.3) is 0 Å². The Kier molecular flexibility index (Phi) is 6.12. The van der Waals surface area contributed by atoms with Gasteiger partial charge in [-0.15, -0.1) is 0 Å². The van der Waals surface area contributed by atoms with Crippen LogP contribution in [0.5, 0.6) is 0 Å². The van der Waals surface area contributed by atoms with E-state index in [1.165, 1.54) is 12.1 Å². The second-order valence-corrected chi connectivity index (χ2v) is 6.87. The minimum atomic E-state index is -3.37. The standard InChI is InChI=1S/C13H20N2O6S/c1-4-8(2)11(13(17)18)15-12(16)10-6-5-9(21-10)7-14-22(3,19)20/h5-6,8,11,14H,4,7H2,1-3H3,(H,15,16)(H,17,18). The third-order valence-corrected chi connectivity index (χ3v) is 3.83. The third kappa shape index (κ3) is 5.49. The van der Waals surface area contributed by atoms with E-state index in [1.54, 1.807) is 6.92 Å². The molecule has 0 radical (unpaired) electrons. The summed E-state index contributed by atoms with van der Waals surface area (Å²) in [6, 6.07) is 1.80. The highest BCUT2D eigenvalue weighted by Crippen LogP contribution is 2.12. The van der Waals surface area contributed by atoms with Crippen LogP contribution in [0.3, 0.4) is 0 Å². The molecular weight excluding hydrogens is 312 g/mol. The summed E-state index contributed by atoms with van der Waals surface area (Å²) in [6.07, 6.45) is 1.60. The van der Waals surface area contributed by atoms with Gasteiger partial charge in [-0.1, -0.05) is 20.3 Å². The first kappa shape index (κ1) is 18.2. The number of carbonyl (C=O) groups excluding carboxylic acids is 1. The molecular formula is C13H20N2O6S. The Morgan fingerprint density at radius 2 is 2.00 bits per heavy atom. The highest BCUT2D eigenvalue weighted by atomic mass is 32.2. The molecule has 1 amide bonds. The molecule has 0 saturated carbocycles. The van der Waals surface area contributed by atoms with Crippen LogP contribution in [0.1, 0.15) is 36.6 Å². The Bertz CT molecular complexity index is 637. The van der Waals surface area contributed by atoms with E-state index < -0.39 is 27.9 Å². The SMILES string of the molecule is CCC(C)C(NC(=O)c1ccc(CNS(C)(=O)=O)o1)C(=O)O. The first-order chi connectivity index (χ1) is 10.1. The smallest absolute Gasteiger partial charge is 0.326 e. The fraction of sp³-hybridized carbons (Fsp3) is 0.538. The van der Waals surface area contributed by atoms with Gasteiger partial charge in [-0.3, -0.25) is 4.79 Å². The van der Waals surface area contributed by atoms with Crippen LogP contribution in [0.15, 0.2) is 16.5 Å². The highest BCUT2D eigenvalue weighted by molar-refractivity contribution is 7.88. The minimum absolute atomic E-state index is 0.0696. The lowest BCUT2D eigenvalue weighted by Crippen LogP contribution is -2.44. The van der Waals surface area contributed by atoms with E-state index in [2.05, 4.69) is 10.0 Å². The van der Waals surface area contributed by atoms with E-state index in [9.17, 15) is 18.0 Å². The molecule has 0 saturated heterocycles. The summed E-state index contributed by atoms with van der Waals surface area (Å²) in [6.45, 7) is 3.47. The van der Waals surface area contributed by atoms with E-state index >= 15 is 0 Å². The lowest BCUT2D eigenvalue weighted by Gasteiger charge is -2.19. The zero-order chi connectivity index (χ0) is 16.9. The van der Waals surface area contributed by atoms with Gasteiger partial charge in [0.2, 0.25) is 10.0 Å². The number of carboxylic acids is 1. The maximum Gasteiger partial charge on any atom is 0.326 e. The first-order valence-electron chi connectivity index (χ1n) is 6.71. The molecule has 0 aliphatic carbocycles. The van der Waals surface area contributed by atoms with Crippen LogP contribution in [-0.4, -0.2) is 37.7 Å². The van der Waals surface area contributed by atoms with Crippen LogP contribution in [-0.2, 0) is 21.4 Å². The van der Waals surface area contributed by atoms with E-state index in [0.29, 0.717) is 6.42 Å². The number of hydrogen-bond acceptors (Lipinski definition) is 5. The highest BCUT2D eigenvalue weighted by Gasteiger charge is 2.26. The number of carboxylic acid groups (broad SMARTS) is 1. The van der Waals surface area contributed by atoms with Crippen molar-refractivity contribution in [2.45, 2.75) is 32.9 Å². The van der Waals surface area contributed by atoms with Crippen molar-refractivity contribution in [3.8, 4) is 0 Å². The molecule has 0 aliphatic rings. The quantitative estimate of drug-likeness (QED) is 0.638. The molecule has 2 atom stereocenters. The second-order valence-electron chi connectivity index (χ2n) is 5.03. The van der Waals surface area contributed by atoms with Crippen LogP contribution >= 0.6 is 0 Å². The van der Waals surface area contributed by atoms with E-state index in [4.69, 9.17) is 9.52 Å². The summed E-state index contributed by atoms with van der Waals surface area (Å²) in [5.74, 6) is -1.82. The monoisotopic (exact) mass is 332 g/mol. The predicted octanol–water partition coefficient (Wildman–Crippen LogP) is 0.558. The summed E-state index contributed by atoms with van der Waals surface area (Å²) >= 11 is 0.